The molecule has 3 saturated heterocycles. The maximum Gasteiger partial charge on any atom is 0.319 e. The second-order valence-corrected chi connectivity index (χ2v) is 14.8. The fraction of sp³-hybridized carbons (Fsp3) is 0.500. The SMILES string of the molecule is C#Cc1c(F)ccc2cccc(-c3nc4c5c(nc(OC[C@@]67CCCN6C[C@H](F)C7)nc5c3F)N3C[C@H]5CC[C@H](C5)[C@@H]3[C@@H](C)[C@H]4C)c12. The molecular weight excluding hydrogens is 599 g/mol. The molecule has 0 radical (unpaired) electrons. The van der Waals surface area contributed by atoms with Gasteiger partial charge in [-0.1, -0.05) is 44.0 Å². The van der Waals surface area contributed by atoms with Gasteiger partial charge in [-0.05, 0) is 67.9 Å². The van der Waals surface area contributed by atoms with Gasteiger partial charge in [0.2, 0.25) is 0 Å². The van der Waals surface area contributed by atoms with Crippen molar-refractivity contribution in [1.82, 2.24) is 19.9 Å². The van der Waals surface area contributed by atoms with Gasteiger partial charge in [0.1, 0.15) is 35.6 Å². The third-order valence-corrected chi connectivity index (χ3v) is 12.3. The van der Waals surface area contributed by atoms with Crippen LogP contribution in [0.1, 0.15) is 69.5 Å². The maximum atomic E-state index is 17.2. The van der Waals surface area contributed by atoms with Crippen molar-refractivity contribution in [1.29, 1.82) is 0 Å². The first kappa shape index (κ1) is 29.3. The fourth-order valence-corrected chi connectivity index (χ4v) is 10.0. The molecule has 9 rings (SSSR count). The van der Waals surface area contributed by atoms with Gasteiger partial charge in [0, 0.05) is 42.4 Å². The molecule has 0 N–H and O–H groups in total. The second kappa shape index (κ2) is 10.6. The van der Waals surface area contributed by atoms with E-state index in [-0.39, 0.29) is 47.3 Å². The number of alkyl halides is 1. The Morgan fingerprint density at radius 2 is 1.94 bits per heavy atom. The number of benzene rings is 2. The van der Waals surface area contributed by atoms with Gasteiger partial charge in [-0.15, -0.1) is 6.42 Å². The van der Waals surface area contributed by atoms with Gasteiger partial charge in [-0.3, -0.25) is 4.90 Å². The van der Waals surface area contributed by atoms with Crippen LogP contribution in [0.4, 0.5) is 19.0 Å². The van der Waals surface area contributed by atoms with Crippen LogP contribution in [-0.2, 0) is 0 Å². The smallest absolute Gasteiger partial charge is 0.319 e. The summed E-state index contributed by atoms with van der Waals surface area (Å²) in [6.45, 7) is 6.81. The number of halogens is 3. The Balaban J connectivity index is 1.27. The summed E-state index contributed by atoms with van der Waals surface area (Å²) in [4.78, 5) is 19.5. The number of ether oxygens (including phenoxy) is 1. The lowest BCUT2D eigenvalue weighted by Crippen LogP contribution is -2.50. The minimum atomic E-state index is -0.888. The average molecular weight is 638 g/mol. The first-order valence-corrected chi connectivity index (χ1v) is 17.1. The zero-order chi connectivity index (χ0) is 32.2. The van der Waals surface area contributed by atoms with Crippen LogP contribution in [0.2, 0.25) is 0 Å². The molecule has 0 amide bonds. The highest BCUT2D eigenvalue weighted by atomic mass is 19.1. The van der Waals surface area contributed by atoms with Crippen LogP contribution in [0.25, 0.3) is 32.9 Å². The van der Waals surface area contributed by atoms with E-state index in [1.807, 2.05) is 12.1 Å². The molecule has 242 valence electrons. The Hall–Kier alpha value is -3.90. The van der Waals surface area contributed by atoms with Crippen molar-refractivity contribution < 1.29 is 17.9 Å². The monoisotopic (exact) mass is 637 g/mol. The lowest BCUT2D eigenvalue weighted by molar-refractivity contribution is 0.107. The Bertz CT molecular complexity index is 1990. The summed E-state index contributed by atoms with van der Waals surface area (Å²) in [6, 6.07) is 8.73. The molecule has 47 heavy (non-hydrogen) atoms. The van der Waals surface area contributed by atoms with Gasteiger partial charge >= 0.3 is 6.01 Å². The first-order chi connectivity index (χ1) is 22.8. The molecule has 0 unspecified atom stereocenters. The van der Waals surface area contributed by atoms with E-state index in [1.54, 1.807) is 12.1 Å². The molecule has 4 aliphatic heterocycles. The van der Waals surface area contributed by atoms with E-state index in [4.69, 9.17) is 26.1 Å². The van der Waals surface area contributed by atoms with Crippen molar-refractivity contribution in [3.05, 3.63) is 53.2 Å². The second-order valence-electron chi connectivity index (χ2n) is 14.8. The summed E-state index contributed by atoms with van der Waals surface area (Å²) in [5.41, 5.74) is 1.09. The van der Waals surface area contributed by atoms with Crippen molar-refractivity contribution in [3.8, 4) is 29.6 Å². The summed E-state index contributed by atoms with van der Waals surface area (Å²) in [5.74, 6) is 3.29. The van der Waals surface area contributed by atoms with E-state index in [2.05, 4.69) is 29.6 Å². The van der Waals surface area contributed by atoms with Crippen molar-refractivity contribution in [3.63, 3.8) is 0 Å². The minimum Gasteiger partial charge on any atom is -0.461 e. The molecule has 2 aromatic heterocycles. The van der Waals surface area contributed by atoms with Crippen molar-refractivity contribution in [2.45, 2.75) is 76.0 Å². The van der Waals surface area contributed by atoms with E-state index in [1.165, 1.54) is 25.3 Å². The minimum absolute atomic E-state index is 0.0251. The number of rotatable bonds is 4. The van der Waals surface area contributed by atoms with Gasteiger partial charge in [0.25, 0.3) is 0 Å². The Morgan fingerprint density at radius 1 is 1.06 bits per heavy atom. The van der Waals surface area contributed by atoms with E-state index in [0.717, 1.165) is 31.6 Å². The van der Waals surface area contributed by atoms with E-state index < -0.39 is 23.3 Å². The molecule has 1 saturated carbocycles. The van der Waals surface area contributed by atoms with Gasteiger partial charge < -0.3 is 9.64 Å². The number of nitrogens with zero attached hydrogens (tertiary/aromatic N) is 5. The third kappa shape index (κ3) is 4.26. The predicted molar refractivity (Wildman–Crippen MR) is 176 cm³/mol. The highest BCUT2D eigenvalue weighted by Crippen LogP contribution is 2.52. The molecule has 2 bridgehead atoms. The summed E-state index contributed by atoms with van der Waals surface area (Å²) in [5, 5.41) is 1.77. The number of fused-ring (bicyclic) bond motifs is 7. The summed E-state index contributed by atoms with van der Waals surface area (Å²) in [7, 11) is 0. The number of anilines is 1. The molecule has 9 heteroatoms. The predicted octanol–water partition coefficient (Wildman–Crippen LogP) is 7.42. The number of hydrogen-bond acceptors (Lipinski definition) is 6. The molecule has 5 aliphatic rings. The van der Waals surface area contributed by atoms with Crippen LogP contribution < -0.4 is 9.64 Å². The highest BCUT2D eigenvalue weighted by molar-refractivity contribution is 6.03. The third-order valence-electron chi connectivity index (χ3n) is 12.3. The molecule has 7 atom stereocenters. The number of pyridine rings is 1. The van der Waals surface area contributed by atoms with E-state index >= 15 is 8.78 Å². The largest absolute Gasteiger partial charge is 0.461 e. The van der Waals surface area contributed by atoms with Crippen molar-refractivity contribution >= 4 is 27.5 Å². The van der Waals surface area contributed by atoms with Crippen LogP contribution in [0.3, 0.4) is 0 Å². The van der Waals surface area contributed by atoms with Crippen molar-refractivity contribution in [2.24, 2.45) is 17.8 Å². The summed E-state index contributed by atoms with van der Waals surface area (Å²) < 4.78 is 53.3. The molecule has 0 spiro atoms. The van der Waals surface area contributed by atoms with Gasteiger partial charge in [0.15, 0.2) is 5.82 Å². The maximum absolute atomic E-state index is 17.2. The number of terminal acetylenes is 1. The molecular formula is C38H38F3N5O. The molecule has 4 aromatic rings. The average Bonchev–Trinajstić information content (AvgIpc) is 3.72. The van der Waals surface area contributed by atoms with Crippen molar-refractivity contribution in [2.75, 3.05) is 31.1 Å². The topological polar surface area (TPSA) is 54.4 Å². The van der Waals surface area contributed by atoms with Gasteiger partial charge in [-0.25, -0.2) is 18.2 Å². The Labute approximate surface area is 272 Å². The van der Waals surface area contributed by atoms with Gasteiger partial charge in [-0.2, -0.15) is 9.97 Å². The number of hydrogen-bond donors (Lipinski definition) is 0. The lowest BCUT2D eigenvalue weighted by Gasteiger charge is -2.44. The van der Waals surface area contributed by atoms with Crippen LogP contribution in [0.5, 0.6) is 6.01 Å². The standard InChI is InChI=1S/C38H38F3N5O/c1-4-26-28(40)12-11-23-7-5-8-27(29(23)26)33-31(41)34-30-32(42-33)20(2)21(3)35-24-10-9-22(15-24)17-46(35)36(30)44-37(43-34)47-19-38-13-6-14-45(38)18-25(39)16-38/h1,5,7-8,11-12,20-22,24-25,35H,6,9-10,13-19H2,2-3H3/t20-,21+,22+,24-,25-,35+,38+/m1/s1. The van der Waals surface area contributed by atoms with E-state index in [9.17, 15) is 4.39 Å². The molecule has 6 nitrogen and oxygen atoms in total. The lowest BCUT2D eigenvalue weighted by atomic mass is 9.77. The molecule has 4 fully saturated rings. The Kier molecular flexibility index (Phi) is 6.57. The fourth-order valence-electron chi connectivity index (χ4n) is 10.0. The summed E-state index contributed by atoms with van der Waals surface area (Å²) in [6.07, 6.45) is 10.7. The summed E-state index contributed by atoms with van der Waals surface area (Å²) >= 11 is 0. The Morgan fingerprint density at radius 3 is 2.79 bits per heavy atom. The zero-order valence-corrected chi connectivity index (χ0v) is 26.8. The van der Waals surface area contributed by atoms with E-state index in [0.29, 0.717) is 52.3 Å². The highest BCUT2D eigenvalue weighted by Gasteiger charge is 2.50. The van der Waals surface area contributed by atoms with Crippen LogP contribution in [0, 0.1) is 41.7 Å². The molecule has 1 aliphatic carbocycles. The van der Waals surface area contributed by atoms with Crippen LogP contribution in [0.15, 0.2) is 30.3 Å². The molecule has 6 heterocycles. The normalized spacial score (nSPS) is 31.2. The number of piperidine rings is 1. The van der Waals surface area contributed by atoms with Crippen LogP contribution >= 0.6 is 0 Å². The van der Waals surface area contributed by atoms with Gasteiger partial charge in [0.05, 0.1) is 22.2 Å². The quantitative estimate of drug-likeness (QED) is 0.217. The first-order valence-electron chi connectivity index (χ1n) is 17.1. The number of aromatic nitrogens is 3. The van der Waals surface area contributed by atoms with Crippen LogP contribution in [-0.4, -0.2) is 63.8 Å². The molecule has 2 aromatic carbocycles. The zero-order valence-electron chi connectivity index (χ0n) is 26.8.